The Hall–Kier alpha value is -3.41. The Bertz CT molecular complexity index is 1630. The molecule has 188 valence electrons. The van der Waals surface area contributed by atoms with E-state index in [9.17, 15) is 20.6 Å². The zero-order valence-corrected chi connectivity index (χ0v) is 21.2. The molecule has 0 radical (unpaired) electrons. The summed E-state index contributed by atoms with van der Waals surface area (Å²) in [7, 11) is 0. The summed E-state index contributed by atoms with van der Waals surface area (Å²) in [6, 6.07) is 17.8. The second-order valence-corrected chi connectivity index (χ2v) is 10.5. The summed E-state index contributed by atoms with van der Waals surface area (Å²) >= 11 is 12.2. The van der Waals surface area contributed by atoms with Gasteiger partial charge in [0.1, 0.15) is 17.0 Å². The third-order valence-electron chi connectivity index (χ3n) is 7.56. The molecule has 1 fully saturated rings. The molecule has 4 aromatic rings. The molecule has 3 N–H and O–H groups in total. The maximum Gasteiger partial charge on any atom is 0.205 e. The second kappa shape index (κ2) is 8.30. The molecule has 1 saturated heterocycles. The van der Waals surface area contributed by atoms with Gasteiger partial charge in [-0.1, -0.05) is 47.5 Å². The molecule has 37 heavy (non-hydrogen) atoms. The third-order valence-corrected chi connectivity index (χ3v) is 8.09. The van der Waals surface area contributed by atoms with E-state index in [1.807, 2.05) is 24.3 Å². The molecule has 6 rings (SSSR count). The summed E-state index contributed by atoms with van der Waals surface area (Å²) in [5.41, 5.74) is -0.534. The van der Waals surface area contributed by atoms with Gasteiger partial charge in [0.25, 0.3) is 0 Å². The highest BCUT2D eigenvalue weighted by Crippen LogP contribution is 2.65. The van der Waals surface area contributed by atoms with Gasteiger partial charge in [-0.3, -0.25) is 4.57 Å². The Morgan fingerprint density at radius 3 is 2.54 bits per heavy atom. The van der Waals surface area contributed by atoms with Crippen molar-refractivity contribution in [1.82, 2.24) is 4.57 Å². The molecule has 0 unspecified atom stereocenters. The minimum absolute atomic E-state index is 0.175. The summed E-state index contributed by atoms with van der Waals surface area (Å²) in [6.07, 6.45) is -0.395. The lowest BCUT2D eigenvalue weighted by molar-refractivity contribution is -0.107. The van der Waals surface area contributed by atoms with E-state index in [-0.39, 0.29) is 31.2 Å². The monoisotopic (exact) mass is 536 g/mol. The van der Waals surface area contributed by atoms with E-state index in [2.05, 4.69) is 6.07 Å². The molecule has 7 nitrogen and oxygen atoms in total. The minimum atomic E-state index is -1.22. The highest BCUT2D eigenvalue weighted by atomic mass is 35.5. The molecule has 1 aromatic heterocycles. The van der Waals surface area contributed by atoms with Gasteiger partial charge in [0.05, 0.1) is 46.2 Å². The Morgan fingerprint density at radius 2 is 1.81 bits per heavy atom. The van der Waals surface area contributed by atoms with E-state index in [0.717, 1.165) is 0 Å². The van der Waals surface area contributed by atoms with E-state index in [4.69, 9.17) is 32.7 Å². The summed E-state index contributed by atoms with van der Waals surface area (Å²) in [5, 5.41) is 45.8. The molecule has 9 heteroatoms. The lowest BCUT2D eigenvalue weighted by atomic mass is 9.76. The van der Waals surface area contributed by atoms with E-state index in [0.29, 0.717) is 48.9 Å². The predicted molar refractivity (Wildman–Crippen MR) is 139 cm³/mol. The van der Waals surface area contributed by atoms with Gasteiger partial charge in [0.15, 0.2) is 0 Å². The summed E-state index contributed by atoms with van der Waals surface area (Å²) in [4.78, 5) is 0. The van der Waals surface area contributed by atoms with Crippen LogP contribution in [-0.4, -0.2) is 32.6 Å². The molecule has 0 amide bonds. The average molecular weight is 537 g/mol. The van der Waals surface area contributed by atoms with Gasteiger partial charge in [-0.25, -0.2) is 0 Å². The lowest BCUT2D eigenvalue weighted by Crippen LogP contribution is -2.33. The number of halogens is 2. The van der Waals surface area contributed by atoms with Gasteiger partial charge in [-0.2, -0.15) is 5.26 Å². The van der Waals surface area contributed by atoms with Crippen LogP contribution in [0.15, 0.2) is 54.6 Å². The summed E-state index contributed by atoms with van der Waals surface area (Å²) in [5.74, 6) is 0.0605. The Balaban J connectivity index is 1.44. The standard InChI is InChI=1S/C28H22Cl2N2O5/c1-27-22(33)13-28(37-27,10-11-36-21-9-7-16(29)12-19(21)30)24-23(27)25(34)32(26(24)35)20-8-6-15(14-31)17-4-2-3-5-18(17)20/h2-9,12,22,33-35H,10-11,13H2,1H3/t22-,27-,28+/m0/s1. The molecule has 2 aliphatic heterocycles. The van der Waals surface area contributed by atoms with E-state index in [1.165, 1.54) is 4.57 Å². The van der Waals surface area contributed by atoms with E-state index >= 15 is 0 Å². The molecular formula is C28H22Cl2N2O5. The SMILES string of the molecule is C[C@]12O[C@](CCOc3ccc(Cl)cc3Cl)(C[C@@H]1O)c1c2c(O)n(-c2ccc(C#N)c3ccccc23)c1O. The normalized spacial score (nSPS) is 23.8. The fraction of sp³-hybridized carbons (Fsp3) is 0.250. The zero-order valence-electron chi connectivity index (χ0n) is 19.7. The Morgan fingerprint density at radius 1 is 1.08 bits per heavy atom. The van der Waals surface area contributed by atoms with Crippen LogP contribution in [0.3, 0.4) is 0 Å². The average Bonchev–Trinajstić information content (AvgIpc) is 3.41. The quantitative estimate of drug-likeness (QED) is 0.293. The Labute approximate surface area is 222 Å². The van der Waals surface area contributed by atoms with Crippen LogP contribution in [-0.2, 0) is 15.9 Å². The molecule has 2 aliphatic rings. The number of rotatable bonds is 5. The van der Waals surface area contributed by atoms with Crippen LogP contribution in [0.25, 0.3) is 16.5 Å². The van der Waals surface area contributed by atoms with Crippen LogP contribution in [0.4, 0.5) is 0 Å². The zero-order chi connectivity index (χ0) is 26.1. The molecule has 3 aromatic carbocycles. The first-order valence-electron chi connectivity index (χ1n) is 11.8. The van der Waals surface area contributed by atoms with Crippen molar-refractivity contribution in [2.24, 2.45) is 0 Å². The molecule has 0 saturated carbocycles. The van der Waals surface area contributed by atoms with Crippen LogP contribution in [0, 0.1) is 11.3 Å². The summed E-state index contributed by atoms with van der Waals surface area (Å²) in [6.45, 7) is 1.89. The van der Waals surface area contributed by atoms with Crippen LogP contribution in [0.1, 0.15) is 36.5 Å². The first-order valence-corrected chi connectivity index (χ1v) is 12.5. The number of ether oxygens (including phenoxy) is 2. The molecule has 2 bridgehead atoms. The number of hydrogen-bond donors (Lipinski definition) is 3. The van der Waals surface area contributed by atoms with Crippen molar-refractivity contribution in [1.29, 1.82) is 5.26 Å². The van der Waals surface area contributed by atoms with Crippen molar-refractivity contribution < 1.29 is 24.8 Å². The third kappa shape index (κ3) is 3.34. The number of benzene rings is 3. The number of aliphatic hydroxyl groups excluding tert-OH is 1. The van der Waals surface area contributed by atoms with Gasteiger partial charge < -0.3 is 24.8 Å². The largest absolute Gasteiger partial charge is 0.494 e. The molecule has 3 atom stereocenters. The van der Waals surface area contributed by atoms with Gasteiger partial charge in [-0.05, 0) is 37.3 Å². The first-order chi connectivity index (χ1) is 17.7. The molecular weight excluding hydrogens is 515 g/mol. The smallest absolute Gasteiger partial charge is 0.205 e. The first kappa shape index (κ1) is 24.0. The predicted octanol–water partition coefficient (Wildman–Crippen LogP) is 5.89. The van der Waals surface area contributed by atoms with Crippen LogP contribution in [0.5, 0.6) is 17.5 Å². The molecule has 0 aliphatic carbocycles. The van der Waals surface area contributed by atoms with Crippen molar-refractivity contribution in [2.75, 3.05) is 6.61 Å². The van der Waals surface area contributed by atoms with Crippen molar-refractivity contribution >= 4 is 34.0 Å². The highest BCUT2D eigenvalue weighted by molar-refractivity contribution is 6.35. The molecule has 3 heterocycles. The highest BCUT2D eigenvalue weighted by Gasteiger charge is 2.66. The number of fused-ring (bicyclic) bond motifs is 6. The van der Waals surface area contributed by atoms with Crippen molar-refractivity contribution in [2.45, 2.75) is 37.1 Å². The van der Waals surface area contributed by atoms with E-state index in [1.54, 1.807) is 37.3 Å². The van der Waals surface area contributed by atoms with Crippen molar-refractivity contribution in [3.8, 4) is 29.3 Å². The second-order valence-electron chi connectivity index (χ2n) is 9.62. The van der Waals surface area contributed by atoms with Crippen LogP contribution >= 0.6 is 23.2 Å². The number of nitrogens with zero attached hydrogens (tertiary/aromatic N) is 2. The number of hydrogen-bond acceptors (Lipinski definition) is 6. The Kier molecular flexibility index (Phi) is 5.38. The number of aromatic nitrogens is 1. The fourth-order valence-corrected chi connectivity index (χ4v) is 6.31. The van der Waals surface area contributed by atoms with Gasteiger partial charge in [0, 0.05) is 28.6 Å². The molecule has 0 spiro atoms. The van der Waals surface area contributed by atoms with Gasteiger partial charge in [-0.15, -0.1) is 0 Å². The summed E-state index contributed by atoms with van der Waals surface area (Å²) < 4.78 is 13.6. The van der Waals surface area contributed by atoms with Crippen LogP contribution < -0.4 is 4.74 Å². The lowest BCUT2D eigenvalue weighted by Gasteiger charge is -2.26. The number of aromatic hydroxyl groups is 2. The maximum atomic E-state index is 11.5. The van der Waals surface area contributed by atoms with Gasteiger partial charge >= 0.3 is 0 Å². The number of aliphatic hydroxyl groups is 1. The topological polar surface area (TPSA) is 108 Å². The van der Waals surface area contributed by atoms with Crippen molar-refractivity contribution in [3.05, 3.63) is 81.3 Å². The number of nitriles is 1. The van der Waals surface area contributed by atoms with Gasteiger partial charge in [0.2, 0.25) is 11.8 Å². The fourth-order valence-electron chi connectivity index (χ4n) is 5.84. The maximum absolute atomic E-state index is 11.5. The minimum Gasteiger partial charge on any atom is -0.494 e. The van der Waals surface area contributed by atoms with Crippen molar-refractivity contribution in [3.63, 3.8) is 0 Å². The van der Waals surface area contributed by atoms with E-state index < -0.39 is 17.3 Å². The van der Waals surface area contributed by atoms with Crippen LogP contribution in [0.2, 0.25) is 10.0 Å².